The number of benzene rings is 3. The lowest BCUT2D eigenvalue weighted by Crippen LogP contribution is -2.25. The van der Waals surface area contributed by atoms with Crippen LogP contribution in [0.1, 0.15) is 11.1 Å². The van der Waals surface area contributed by atoms with E-state index in [2.05, 4.69) is 15.8 Å². The number of rotatable bonds is 9. The first-order valence-corrected chi connectivity index (χ1v) is 9.27. The fourth-order valence-electron chi connectivity index (χ4n) is 2.50. The van der Waals surface area contributed by atoms with E-state index in [4.69, 9.17) is 4.74 Å². The molecule has 0 fully saturated rings. The molecule has 0 unspecified atom stereocenters. The van der Waals surface area contributed by atoms with E-state index in [9.17, 15) is 19.3 Å². The number of nitrogens with zero attached hydrogens (tertiary/aromatic N) is 2. The molecule has 3 aromatic carbocycles. The maximum absolute atomic E-state index is 12.8. The van der Waals surface area contributed by atoms with Crippen LogP contribution in [0.25, 0.3) is 0 Å². The molecule has 9 heteroatoms. The SMILES string of the molecule is O=C(CNc1ccc(F)cc1)N/N=C\c1ccc(OCc2ccc([N+](=O)[O-])cc2)cc1. The maximum Gasteiger partial charge on any atom is 0.269 e. The van der Waals surface area contributed by atoms with Crippen LogP contribution in [0.15, 0.2) is 77.9 Å². The first-order valence-electron chi connectivity index (χ1n) is 9.27. The van der Waals surface area contributed by atoms with Crippen molar-refractivity contribution in [3.05, 3.63) is 99.9 Å². The van der Waals surface area contributed by atoms with Crippen molar-refractivity contribution < 1.29 is 18.8 Å². The van der Waals surface area contributed by atoms with Gasteiger partial charge in [0.2, 0.25) is 0 Å². The molecule has 0 saturated carbocycles. The Morgan fingerprint density at radius 1 is 1.03 bits per heavy atom. The van der Waals surface area contributed by atoms with Crippen LogP contribution in [-0.4, -0.2) is 23.6 Å². The fraction of sp³-hybridized carbons (Fsp3) is 0.0909. The van der Waals surface area contributed by atoms with Crippen LogP contribution < -0.4 is 15.5 Å². The molecule has 0 aliphatic heterocycles. The van der Waals surface area contributed by atoms with Crippen LogP contribution in [0.2, 0.25) is 0 Å². The van der Waals surface area contributed by atoms with E-state index in [1.54, 1.807) is 36.4 Å². The highest BCUT2D eigenvalue weighted by molar-refractivity contribution is 5.84. The fourth-order valence-corrected chi connectivity index (χ4v) is 2.50. The van der Waals surface area contributed by atoms with Crippen molar-refractivity contribution >= 4 is 23.5 Å². The van der Waals surface area contributed by atoms with Crippen molar-refractivity contribution in [3.8, 4) is 5.75 Å². The number of amides is 1. The summed E-state index contributed by atoms with van der Waals surface area (Å²) >= 11 is 0. The Morgan fingerprint density at radius 3 is 2.35 bits per heavy atom. The standard InChI is InChI=1S/C22H19FN4O4/c23-18-5-7-19(8-6-18)24-14-22(28)26-25-13-16-3-11-21(12-4-16)31-15-17-1-9-20(10-2-17)27(29)30/h1-13,24H,14-15H2,(H,26,28)/b25-13-. The number of ether oxygens (including phenoxy) is 1. The normalized spacial score (nSPS) is 10.6. The number of anilines is 1. The Morgan fingerprint density at radius 2 is 1.71 bits per heavy atom. The third kappa shape index (κ3) is 6.93. The number of carbonyl (C=O) groups excluding carboxylic acids is 1. The van der Waals surface area contributed by atoms with Gasteiger partial charge in [-0.3, -0.25) is 14.9 Å². The summed E-state index contributed by atoms with van der Waals surface area (Å²) in [5, 5.41) is 17.4. The zero-order valence-corrected chi connectivity index (χ0v) is 16.3. The van der Waals surface area contributed by atoms with Crippen molar-refractivity contribution in [1.82, 2.24) is 5.43 Å². The quantitative estimate of drug-likeness (QED) is 0.309. The van der Waals surface area contributed by atoms with Crippen molar-refractivity contribution in [3.63, 3.8) is 0 Å². The van der Waals surface area contributed by atoms with Crippen molar-refractivity contribution in [1.29, 1.82) is 0 Å². The minimum Gasteiger partial charge on any atom is -0.489 e. The molecule has 0 aliphatic carbocycles. The Hall–Kier alpha value is -4.27. The lowest BCUT2D eigenvalue weighted by Gasteiger charge is -2.06. The molecule has 3 aromatic rings. The van der Waals surface area contributed by atoms with Gasteiger partial charge in [0.15, 0.2) is 0 Å². The number of carbonyl (C=O) groups is 1. The van der Waals surface area contributed by atoms with Gasteiger partial charge in [0.25, 0.3) is 11.6 Å². The number of hydrogen-bond acceptors (Lipinski definition) is 6. The van der Waals surface area contributed by atoms with Gasteiger partial charge in [0.05, 0.1) is 17.7 Å². The van der Waals surface area contributed by atoms with E-state index in [0.29, 0.717) is 11.4 Å². The summed E-state index contributed by atoms with van der Waals surface area (Å²) in [5.74, 6) is -0.0611. The highest BCUT2D eigenvalue weighted by Gasteiger charge is 2.04. The summed E-state index contributed by atoms with van der Waals surface area (Å²) in [5.41, 5.74) is 4.64. The van der Waals surface area contributed by atoms with Crippen molar-refractivity contribution in [2.75, 3.05) is 11.9 Å². The summed E-state index contributed by atoms with van der Waals surface area (Å²) in [6, 6.07) is 18.9. The van der Waals surface area contributed by atoms with Crippen LogP contribution in [0.3, 0.4) is 0 Å². The third-order valence-electron chi connectivity index (χ3n) is 4.13. The van der Waals surface area contributed by atoms with Gasteiger partial charge in [-0.25, -0.2) is 9.82 Å². The predicted octanol–water partition coefficient (Wildman–Crippen LogP) is 3.88. The van der Waals surface area contributed by atoms with Gasteiger partial charge < -0.3 is 10.1 Å². The molecule has 0 atom stereocenters. The number of nitro benzene ring substituents is 1. The van der Waals surface area contributed by atoms with Gasteiger partial charge in [-0.2, -0.15) is 5.10 Å². The lowest BCUT2D eigenvalue weighted by atomic mass is 10.2. The van der Waals surface area contributed by atoms with Crippen molar-refractivity contribution in [2.45, 2.75) is 6.61 Å². The monoisotopic (exact) mass is 422 g/mol. The number of non-ortho nitro benzene ring substituents is 1. The first kappa shape index (κ1) is 21.4. The van der Waals surface area contributed by atoms with E-state index in [0.717, 1.165) is 11.1 Å². The van der Waals surface area contributed by atoms with E-state index >= 15 is 0 Å². The van der Waals surface area contributed by atoms with Gasteiger partial charge in [-0.1, -0.05) is 0 Å². The van der Waals surface area contributed by atoms with Gasteiger partial charge in [-0.05, 0) is 71.8 Å². The Labute approximate surface area is 177 Å². The number of nitrogens with one attached hydrogen (secondary N) is 2. The highest BCUT2D eigenvalue weighted by atomic mass is 19.1. The van der Waals surface area contributed by atoms with E-state index in [-0.39, 0.29) is 30.6 Å². The van der Waals surface area contributed by atoms with Crippen LogP contribution in [0.4, 0.5) is 15.8 Å². The molecule has 0 radical (unpaired) electrons. The Bertz CT molecular complexity index is 1050. The zero-order valence-electron chi connectivity index (χ0n) is 16.3. The van der Waals surface area contributed by atoms with Gasteiger partial charge >= 0.3 is 0 Å². The number of hydrazone groups is 1. The number of hydrogen-bond donors (Lipinski definition) is 2. The van der Waals surface area contributed by atoms with Crippen LogP contribution in [0, 0.1) is 15.9 Å². The summed E-state index contributed by atoms with van der Waals surface area (Å²) in [6.07, 6.45) is 1.50. The molecule has 0 heterocycles. The summed E-state index contributed by atoms with van der Waals surface area (Å²) in [7, 11) is 0. The molecule has 0 saturated heterocycles. The number of nitro groups is 1. The molecule has 8 nitrogen and oxygen atoms in total. The first-order chi connectivity index (χ1) is 15.0. The maximum atomic E-state index is 12.8. The van der Waals surface area contributed by atoms with E-state index in [1.807, 2.05) is 0 Å². The third-order valence-corrected chi connectivity index (χ3v) is 4.13. The van der Waals surface area contributed by atoms with Crippen LogP contribution >= 0.6 is 0 Å². The average molecular weight is 422 g/mol. The molecule has 0 bridgehead atoms. The molecule has 31 heavy (non-hydrogen) atoms. The molecular weight excluding hydrogens is 403 g/mol. The lowest BCUT2D eigenvalue weighted by molar-refractivity contribution is -0.384. The zero-order chi connectivity index (χ0) is 22.1. The highest BCUT2D eigenvalue weighted by Crippen LogP contribution is 2.16. The second-order valence-electron chi connectivity index (χ2n) is 6.43. The second-order valence-corrected chi connectivity index (χ2v) is 6.43. The summed E-state index contributed by atoms with van der Waals surface area (Å²) < 4.78 is 18.5. The van der Waals surface area contributed by atoms with Gasteiger partial charge in [0, 0.05) is 17.8 Å². The average Bonchev–Trinajstić information content (AvgIpc) is 2.78. The van der Waals surface area contributed by atoms with Crippen LogP contribution in [-0.2, 0) is 11.4 Å². The molecular formula is C22H19FN4O4. The molecule has 0 spiro atoms. The predicted molar refractivity (Wildman–Crippen MR) is 114 cm³/mol. The molecule has 1 amide bonds. The van der Waals surface area contributed by atoms with Crippen molar-refractivity contribution in [2.24, 2.45) is 5.10 Å². The summed E-state index contributed by atoms with van der Waals surface area (Å²) in [6.45, 7) is 0.279. The molecule has 2 N–H and O–H groups in total. The van der Waals surface area contributed by atoms with Gasteiger partial charge in [0.1, 0.15) is 18.2 Å². The molecule has 0 aromatic heterocycles. The van der Waals surface area contributed by atoms with Gasteiger partial charge in [-0.15, -0.1) is 0 Å². The smallest absolute Gasteiger partial charge is 0.269 e. The van der Waals surface area contributed by atoms with Crippen LogP contribution in [0.5, 0.6) is 5.75 Å². The largest absolute Gasteiger partial charge is 0.489 e. The molecule has 0 aliphatic rings. The van der Waals surface area contributed by atoms with E-state index < -0.39 is 4.92 Å². The topological polar surface area (TPSA) is 106 Å². The Kier molecular flexibility index (Phi) is 7.26. The minimum atomic E-state index is -0.449. The minimum absolute atomic E-state index is 0.00159. The summed E-state index contributed by atoms with van der Waals surface area (Å²) in [4.78, 5) is 22.0. The van der Waals surface area contributed by atoms with E-state index in [1.165, 1.54) is 42.6 Å². The Balaban J connectivity index is 1.41. The number of halogens is 1. The molecule has 158 valence electrons. The second kappa shape index (κ2) is 10.5. The molecule has 3 rings (SSSR count).